The molecule has 84 valence electrons. The standard InChI is InChI=1S/C12H21N3/c1-3-10-8-6-5-7-9-11-12(10)15(4-2)14-13-11/h10H,3-9H2,1-2H3. The third kappa shape index (κ3) is 2.06. The SMILES string of the molecule is CCC1CCCCCc2nnn(CC)c21. The highest BCUT2D eigenvalue weighted by Crippen LogP contribution is 2.30. The van der Waals surface area contributed by atoms with Gasteiger partial charge in [0, 0.05) is 12.5 Å². The molecule has 0 saturated carbocycles. The molecule has 1 aliphatic carbocycles. The van der Waals surface area contributed by atoms with E-state index in [1.807, 2.05) is 0 Å². The molecule has 0 aromatic carbocycles. The van der Waals surface area contributed by atoms with Gasteiger partial charge in [0.05, 0.1) is 11.4 Å². The van der Waals surface area contributed by atoms with Gasteiger partial charge in [0.25, 0.3) is 0 Å². The summed E-state index contributed by atoms with van der Waals surface area (Å²) >= 11 is 0. The quantitative estimate of drug-likeness (QED) is 0.746. The smallest absolute Gasteiger partial charge is 0.0862 e. The van der Waals surface area contributed by atoms with Gasteiger partial charge in [0.15, 0.2) is 0 Å². The van der Waals surface area contributed by atoms with Gasteiger partial charge in [-0.2, -0.15) is 0 Å². The fourth-order valence-corrected chi connectivity index (χ4v) is 2.61. The Morgan fingerprint density at radius 1 is 1.27 bits per heavy atom. The van der Waals surface area contributed by atoms with E-state index < -0.39 is 0 Å². The van der Waals surface area contributed by atoms with Gasteiger partial charge in [-0.25, -0.2) is 4.68 Å². The highest BCUT2D eigenvalue weighted by molar-refractivity contribution is 5.16. The maximum absolute atomic E-state index is 4.34. The van der Waals surface area contributed by atoms with Gasteiger partial charge in [0.1, 0.15) is 0 Å². The lowest BCUT2D eigenvalue weighted by Gasteiger charge is -2.19. The molecule has 1 aromatic heterocycles. The molecule has 0 spiro atoms. The zero-order valence-corrected chi connectivity index (χ0v) is 9.87. The van der Waals surface area contributed by atoms with Crippen LogP contribution >= 0.6 is 0 Å². The molecular formula is C12H21N3. The zero-order chi connectivity index (χ0) is 10.7. The summed E-state index contributed by atoms with van der Waals surface area (Å²) in [6.07, 6.45) is 7.68. The Morgan fingerprint density at radius 2 is 2.13 bits per heavy atom. The topological polar surface area (TPSA) is 30.7 Å². The highest BCUT2D eigenvalue weighted by Gasteiger charge is 2.21. The minimum atomic E-state index is 0.690. The molecule has 0 aliphatic heterocycles. The van der Waals surface area contributed by atoms with Crippen LogP contribution in [0.2, 0.25) is 0 Å². The predicted octanol–water partition coefficient (Wildman–Crippen LogP) is 2.91. The van der Waals surface area contributed by atoms with Crippen LogP contribution < -0.4 is 0 Å². The van der Waals surface area contributed by atoms with Crippen LogP contribution in [0.1, 0.15) is 63.3 Å². The predicted molar refractivity (Wildman–Crippen MR) is 60.9 cm³/mol. The van der Waals surface area contributed by atoms with Crippen LogP contribution in [0.15, 0.2) is 0 Å². The van der Waals surface area contributed by atoms with Gasteiger partial charge in [-0.1, -0.05) is 25.0 Å². The Bertz CT molecular complexity index is 317. The lowest BCUT2D eigenvalue weighted by Crippen LogP contribution is -2.11. The summed E-state index contributed by atoms with van der Waals surface area (Å²) in [5, 5.41) is 8.60. The van der Waals surface area contributed by atoms with Crippen LogP contribution in [0.3, 0.4) is 0 Å². The Morgan fingerprint density at radius 3 is 2.87 bits per heavy atom. The second-order valence-corrected chi connectivity index (χ2v) is 4.44. The minimum Gasteiger partial charge on any atom is -0.249 e. The molecule has 2 rings (SSSR count). The van der Waals surface area contributed by atoms with Crippen molar-refractivity contribution in [2.24, 2.45) is 0 Å². The molecule has 3 nitrogen and oxygen atoms in total. The van der Waals surface area contributed by atoms with Crippen LogP contribution in [-0.4, -0.2) is 15.0 Å². The van der Waals surface area contributed by atoms with Gasteiger partial charge in [0.2, 0.25) is 0 Å². The first-order valence-electron chi connectivity index (χ1n) is 6.29. The summed E-state index contributed by atoms with van der Waals surface area (Å²) in [6.45, 7) is 5.39. The summed E-state index contributed by atoms with van der Waals surface area (Å²) in [5.41, 5.74) is 2.70. The van der Waals surface area contributed by atoms with Crippen molar-refractivity contribution in [3.8, 4) is 0 Å². The molecule has 0 bridgehead atoms. The number of hydrogen-bond donors (Lipinski definition) is 0. The Labute approximate surface area is 91.9 Å². The molecule has 0 radical (unpaired) electrons. The van der Waals surface area contributed by atoms with E-state index in [1.54, 1.807) is 0 Å². The third-order valence-corrected chi connectivity index (χ3v) is 3.49. The number of nitrogens with zero attached hydrogens (tertiary/aromatic N) is 3. The molecule has 0 N–H and O–H groups in total. The van der Waals surface area contributed by atoms with Crippen molar-refractivity contribution in [3.63, 3.8) is 0 Å². The monoisotopic (exact) mass is 207 g/mol. The average Bonchev–Trinajstić information content (AvgIpc) is 2.61. The molecule has 1 aliphatic rings. The van der Waals surface area contributed by atoms with Crippen LogP contribution in [-0.2, 0) is 13.0 Å². The van der Waals surface area contributed by atoms with Crippen molar-refractivity contribution >= 4 is 0 Å². The maximum atomic E-state index is 4.34. The molecule has 0 saturated heterocycles. The molecule has 0 amide bonds. The van der Waals surface area contributed by atoms with E-state index in [4.69, 9.17) is 0 Å². The number of hydrogen-bond acceptors (Lipinski definition) is 2. The average molecular weight is 207 g/mol. The molecule has 15 heavy (non-hydrogen) atoms. The first kappa shape index (κ1) is 10.7. The van der Waals surface area contributed by atoms with E-state index in [-0.39, 0.29) is 0 Å². The molecule has 0 fully saturated rings. The van der Waals surface area contributed by atoms with E-state index in [0.29, 0.717) is 5.92 Å². The summed E-state index contributed by atoms with van der Waals surface area (Å²) < 4.78 is 2.11. The zero-order valence-electron chi connectivity index (χ0n) is 9.87. The molecule has 1 heterocycles. The lowest BCUT2D eigenvalue weighted by atomic mass is 9.89. The van der Waals surface area contributed by atoms with Crippen molar-refractivity contribution in [3.05, 3.63) is 11.4 Å². The molecule has 1 atom stereocenters. The molecule has 1 unspecified atom stereocenters. The van der Waals surface area contributed by atoms with Crippen LogP contribution in [0.5, 0.6) is 0 Å². The van der Waals surface area contributed by atoms with E-state index in [2.05, 4.69) is 28.8 Å². The Balaban J connectivity index is 2.35. The van der Waals surface area contributed by atoms with Crippen molar-refractivity contribution in [1.82, 2.24) is 15.0 Å². The molecular weight excluding hydrogens is 186 g/mol. The third-order valence-electron chi connectivity index (χ3n) is 3.49. The second kappa shape index (κ2) is 4.77. The number of aromatic nitrogens is 3. The van der Waals surface area contributed by atoms with E-state index in [0.717, 1.165) is 13.0 Å². The van der Waals surface area contributed by atoms with Crippen molar-refractivity contribution in [2.45, 2.75) is 64.8 Å². The Hall–Kier alpha value is -0.860. The summed E-state index contributed by atoms with van der Waals surface area (Å²) in [7, 11) is 0. The maximum Gasteiger partial charge on any atom is 0.0862 e. The fourth-order valence-electron chi connectivity index (χ4n) is 2.61. The van der Waals surface area contributed by atoms with E-state index >= 15 is 0 Å². The molecule has 3 heteroatoms. The summed E-state index contributed by atoms with van der Waals surface area (Å²) in [5.74, 6) is 0.690. The van der Waals surface area contributed by atoms with Gasteiger partial charge in [-0.15, -0.1) is 5.10 Å². The van der Waals surface area contributed by atoms with Crippen molar-refractivity contribution in [2.75, 3.05) is 0 Å². The fraction of sp³-hybridized carbons (Fsp3) is 0.833. The van der Waals surface area contributed by atoms with Crippen LogP contribution in [0.25, 0.3) is 0 Å². The summed E-state index contributed by atoms with van der Waals surface area (Å²) in [6, 6.07) is 0. The van der Waals surface area contributed by atoms with Crippen LogP contribution in [0, 0.1) is 0 Å². The number of rotatable bonds is 2. The molecule has 1 aromatic rings. The minimum absolute atomic E-state index is 0.690. The van der Waals surface area contributed by atoms with E-state index in [1.165, 1.54) is 43.5 Å². The number of fused-ring (bicyclic) bond motifs is 1. The lowest BCUT2D eigenvalue weighted by molar-refractivity contribution is 0.480. The van der Waals surface area contributed by atoms with Gasteiger partial charge in [-0.3, -0.25) is 0 Å². The number of aryl methyl sites for hydroxylation is 2. The highest BCUT2D eigenvalue weighted by atomic mass is 15.4. The first-order valence-corrected chi connectivity index (χ1v) is 6.29. The normalized spacial score (nSPS) is 21.9. The largest absolute Gasteiger partial charge is 0.249 e. The second-order valence-electron chi connectivity index (χ2n) is 4.44. The van der Waals surface area contributed by atoms with Gasteiger partial charge < -0.3 is 0 Å². The van der Waals surface area contributed by atoms with E-state index in [9.17, 15) is 0 Å². The van der Waals surface area contributed by atoms with Gasteiger partial charge in [-0.05, 0) is 32.6 Å². The Kier molecular flexibility index (Phi) is 3.39. The van der Waals surface area contributed by atoms with Crippen molar-refractivity contribution < 1.29 is 0 Å². The van der Waals surface area contributed by atoms with Gasteiger partial charge >= 0.3 is 0 Å². The summed E-state index contributed by atoms with van der Waals surface area (Å²) in [4.78, 5) is 0. The van der Waals surface area contributed by atoms with Crippen LogP contribution in [0.4, 0.5) is 0 Å². The van der Waals surface area contributed by atoms with Crippen molar-refractivity contribution in [1.29, 1.82) is 0 Å². The first-order chi connectivity index (χ1) is 7.36.